The van der Waals surface area contributed by atoms with Gasteiger partial charge in [-0.2, -0.15) is 0 Å². The van der Waals surface area contributed by atoms with E-state index in [1.54, 1.807) is 0 Å². The third-order valence-corrected chi connectivity index (χ3v) is 5.85. The molecule has 1 aliphatic rings. The highest BCUT2D eigenvalue weighted by atomic mass is 16.6. The monoisotopic (exact) mass is 379 g/mol. The number of amides is 1. The molecular formula is C19H29N3O5. The van der Waals surface area contributed by atoms with Gasteiger partial charge in [-0.3, -0.25) is 14.9 Å². The predicted octanol–water partition coefficient (Wildman–Crippen LogP) is 3.20. The van der Waals surface area contributed by atoms with Crippen molar-refractivity contribution in [3.8, 4) is 0 Å². The molecule has 2 rings (SSSR count). The fourth-order valence-electron chi connectivity index (χ4n) is 3.63. The van der Waals surface area contributed by atoms with E-state index in [2.05, 4.69) is 26.1 Å². The predicted molar refractivity (Wildman–Crippen MR) is 100 cm³/mol. The number of carbonyl (C=O) groups excluding carboxylic acids is 2. The number of aryl methyl sites for hydroxylation is 1. The molecule has 150 valence electrons. The second kappa shape index (κ2) is 8.54. The van der Waals surface area contributed by atoms with Crippen molar-refractivity contribution in [1.29, 1.82) is 0 Å². The van der Waals surface area contributed by atoms with Crippen LogP contribution in [0.25, 0.3) is 0 Å². The highest BCUT2D eigenvalue weighted by Gasteiger charge is 2.32. The first-order valence-electron chi connectivity index (χ1n) is 9.41. The standard InChI is InChI=1S/C19H29N3O5/c1-5-19(2,3)13-6-8-14(9-7-13)20-17(23)12-27-18(24)16-10-15(22(25)26)11-21(16)4/h10-11,13-14H,5-9,12H2,1-4H3,(H,20,23). The Labute approximate surface area is 159 Å². The van der Waals surface area contributed by atoms with Gasteiger partial charge in [0.2, 0.25) is 0 Å². The van der Waals surface area contributed by atoms with Crippen molar-refractivity contribution < 1.29 is 19.2 Å². The Bertz CT molecular complexity index is 702. The fraction of sp³-hybridized carbons (Fsp3) is 0.684. The minimum absolute atomic E-state index is 0.0387. The lowest BCUT2D eigenvalue weighted by atomic mass is 9.69. The van der Waals surface area contributed by atoms with Crippen LogP contribution in [0.5, 0.6) is 0 Å². The first-order chi connectivity index (χ1) is 12.6. The summed E-state index contributed by atoms with van der Waals surface area (Å²) in [6, 6.07) is 1.24. The second-order valence-electron chi connectivity index (χ2n) is 7.99. The van der Waals surface area contributed by atoms with Crippen molar-refractivity contribution in [3.63, 3.8) is 0 Å². The van der Waals surface area contributed by atoms with Crippen LogP contribution in [0.3, 0.4) is 0 Å². The lowest BCUT2D eigenvalue weighted by Gasteiger charge is -2.39. The minimum Gasteiger partial charge on any atom is -0.451 e. The maximum atomic E-state index is 12.1. The van der Waals surface area contributed by atoms with Gasteiger partial charge in [-0.15, -0.1) is 0 Å². The molecule has 0 aromatic carbocycles. The molecule has 1 N–H and O–H groups in total. The maximum Gasteiger partial charge on any atom is 0.355 e. The molecule has 1 aromatic heterocycles. The van der Waals surface area contributed by atoms with Gasteiger partial charge in [0.05, 0.1) is 11.1 Å². The summed E-state index contributed by atoms with van der Waals surface area (Å²) in [5, 5.41) is 13.7. The molecule has 0 radical (unpaired) electrons. The van der Waals surface area contributed by atoms with Gasteiger partial charge >= 0.3 is 5.97 Å². The van der Waals surface area contributed by atoms with Gasteiger partial charge in [0.15, 0.2) is 6.61 Å². The van der Waals surface area contributed by atoms with Gasteiger partial charge in [0.1, 0.15) is 5.69 Å². The molecule has 0 atom stereocenters. The highest BCUT2D eigenvalue weighted by molar-refractivity contribution is 5.90. The Morgan fingerprint density at radius 2 is 1.96 bits per heavy atom. The molecule has 1 amide bonds. The van der Waals surface area contributed by atoms with E-state index in [0.29, 0.717) is 11.3 Å². The van der Waals surface area contributed by atoms with Crippen LogP contribution in [0.4, 0.5) is 5.69 Å². The summed E-state index contributed by atoms with van der Waals surface area (Å²) >= 11 is 0. The van der Waals surface area contributed by atoms with Crippen LogP contribution in [0.2, 0.25) is 0 Å². The number of hydrogen-bond acceptors (Lipinski definition) is 5. The Kier molecular flexibility index (Phi) is 6.62. The number of nitro groups is 1. The maximum absolute atomic E-state index is 12.1. The van der Waals surface area contributed by atoms with Gasteiger partial charge in [-0.05, 0) is 37.0 Å². The van der Waals surface area contributed by atoms with Crippen molar-refractivity contribution in [1.82, 2.24) is 9.88 Å². The first kappa shape index (κ1) is 20.9. The molecule has 8 nitrogen and oxygen atoms in total. The molecule has 0 aliphatic heterocycles. The van der Waals surface area contributed by atoms with Crippen molar-refractivity contribution in [2.24, 2.45) is 18.4 Å². The Balaban J connectivity index is 1.78. The Morgan fingerprint density at radius 3 is 2.48 bits per heavy atom. The zero-order valence-electron chi connectivity index (χ0n) is 16.5. The Hall–Kier alpha value is -2.38. The quantitative estimate of drug-likeness (QED) is 0.445. The zero-order valence-corrected chi connectivity index (χ0v) is 16.5. The van der Waals surface area contributed by atoms with E-state index < -0.39 is 17.5 Å². The summed E-state index contributed by atoms with van der Waals surface area (Å²) in [5.74, 6) is -0.430. The minimum atomic E-state index is -0.755. The van der Waals surface area contributed by atoms with E-state index in [0.717, 1.165) is 38.2 Å². The van der Waals surface area contributed by atoms with E-state index in [4.69, 9.17) is 4.74 Å². The number of carbonyl (C=O) groups is 2. The third kappa shape index (κ3) is 5.30. The molecule has 0 saturated heterocycles. The first-order valence-corrected chi connectivity index (χ1v) is 9.41. The summed E-state index contributed by atoms with van der Waals surface area (Å²) < 4.78 is 6.32. The van der Waals surface area contributed by atoms with Crippen molar-refractivity contribution in [2.45, 2.75) is 58.9 Å². The molecule has 1 fully saturated rings. The number of ether oxygens (including phenoxy) is 1. The number of hydrogen-bond donors (Lipinski definition) is 1. The van der Waals surface area contributed by atoms with Crippen LogP contribution in [0.1, 0.15) is 63.4 Å². The SMILES string of the molecule is CCC(C)(C)C1CCC(NC(=O)COC(=O)c2cc([N+](=O)[O-])cn2C)CC1. The van der Waals surface area contributed by atoms with Crippen molar-refractivity contribution in [3.05, 3.63) is 28.1 Å². The van der Waals surface area contributed by atoms with Crippen LogP contribution >= 0.6 is 0 Å². The summed E-state index contributed by atoms with van der Waals surface area (Å²) in [7, 11) is 1.51. The molecule has 0 bridgehead atoms. The van der Waals surface area contributed by atoms with E-state index in [1.807, 2.05) is 0 Å². The average Bonchev–Trinajstić information content (AvgIpc) is 3.02. The molecule has 1 aromatic rings. The molecule has 0 unspecified atom stereocenters. The highest BCUT2D eigenvalue weighted by Crippen LogP contribution is 2.40. The molecule has 1 saturated carbocycles. The normalized spacial score (nSPS) is 20.1. The van der Waals surface area contributed by atoms with Crippen LogP contribution in [0.15, 0.2) is 12.3 Å². The van der Waals surface area contributed by atoms with Crippen LogP contribution in [0, 0.1) is 21.4 Å². The van der Waals surface area contributed by atoms with Gasteiger partial charge in [-0.1, -0.05) is 27.2 Å². The number of esters is 1. The summed E-state index contributed by atoms with van der Waals surface area (Å²) in [6.07, 6.45) is 6.39. The molecule has 27 heavy (non-hydrogen) atoms. The average molecular weight is 379 g/mol. The number of nitrogens with one attached hydrogen (secondary N) is 1. The Morgan fingerprint density at radius 1 is 1.33 bits per heavy atom. The lowest BCUT2D eigenvalue weighted by Crippen LogP contribution is -2.41. The third-order valence-electron chi connectivity index (χ3n) is 5.85. The molecule has 8 heteroatoms. The van der Waals surface area contributed by atoms with Crippen LogP contribution in [-0.4, -0.2) is 34.0 Å². The van der Waals surface area contributed by atoms with Crippen molar-refractivity contribution in [2.75, 3.05) is 6.61 Å². The van der Waals surface area contributed by atoms with E-state index >= 15 is 0 Å². The molecule has 1 heterocycles. The summed E-state index contributed by atoms with van der Waals surface area (Å²) in [6.45, 7) is 6.41. The van der Waals surface area contributed by atoms with E-state index in [-0.39, 0.29) is 23.3 Å². The summed E-state index contributed by atoms with van der Waals surface area (Å²) in [5.41, 5.74) is 0.166. The second-order valence-corrected chi connectivity index (χ2v) is 7.99. The molecular weight excluding hydrogens is 350 g/mol. The largest absolute Gasteiger partial charge is 0.451 e. The van der Waals surface area contributed by atoms with Gasteiger partial charge in [-0.25, -0.2) is 4.79 Å². The fourth-order valence-corrected chi connectivity index (χ4v) is 3.63. The van der Waals surface area contributed by atoms with Crippen molar-refractivity contribution >= 4 is 17.6 Å². The van der Waals surface area contributed by atoms with E-state index in [9.17, 15) is 19.7 Å². The summed E-state index contributed by atoms with van der Waals surface area (Å²) in [4.78, 5) is 34.3. The van der Waals surface area contributed by atoms with Crippen LogP contribution < -0.4 is 5.32 Å². The van der Waals surface area contributed by atoms with Gasteiger partial charge in [0, 0.05) is 19.2 Å². The zero-order chi connectivity index (χ0) is 20.2. The van der Waals surface area contributed by atoms with E-state index in [1.165, 1.54) is 17.8 Å². The topological polar surface area (TPSA) is 103 Å². The number of rotatable bonds is 7. The number of nitrogens with zero attached hydrogens (tertiary/aromatic N) is 2. The molecule has 1 aliphatic carbocycles. The van der Waals surface area contributed by atoms with Gasteiger partial charge < -0.3 is 14.6 Å². The van der Waals surface area contributed by atoms with Crippen LogP contribution in [-0.2, 0) is 16.6 Å². The molecule has 0 spiro atoms. The van der Waals surface area contributed by atoms with Gasteiger partial charge in [0.25, 0.3) is 11.6 Å². The smallest absolute Gasteiger partial charge is 0.355 e. The number of aromatic nitrogens is 1. The lowest BCUT2D eigenvalue weighted by molar-refractivity contribution is -0.384.